The molecule has 1 N–H and O–H groups in total. The topological polar surface area (TPSA) is 64.1 Å². The third-order valence-electron chi connectivity index (χ3n) is 3.67. The number of carbonyl (C=O) groups excluding carboxylic acids is 1. The molecule has 1 heterocycles. The van der Waals surface area contributed by atoms with Crippen molar-refractivity contribution in [1.29, 1.82) is 0 Å². The van der Waals surface area contributed by atoms with Crippen molar-refractivity contribution in [2.75, 3.05) is 6.61 Å². The summed E-state index contributed by atoms with van der Waals surface area (Å²) in [7, 11) is 0. The average molecular weight is 345 g/mol. The van der Waals surface area contributed by atoms with Crippen LogP contribution >= 0.6 is 0 Å². The number of ether oxygens (including phenoxy) is 1. The molecule has 0 aliphatic carbocycles. The first kappa shape index (κ1) is 17.4. The van der Waals surface area contributed by atoms with Gasteiger partial charge < -0.3 is 10.1 Å². The third kappa shape index (κ3) is 5.27. The highest BCUT2D eigenvalue weighted by molar-refractivity contribution is 5.91. The van der Waals surface area contributed by atoms with Crippen molar-refractivity contribution in [3.05, 3.63) is 96.6 Å². The number of benzene rings is 2. The maximum Gasteiger partial charge on any atom is 0.244 e. The SMILES string of the molecule is O=C(/C=C\c1cnccn1)N[C@H](COc1ccccc1)c1ccccc1. The van der Waals surface area contributed by atoms with Crippen LogP contribution in [-0.2, 0) is 4.79 Å². The van der Waals surface area contributed by atoms with Gasteiger partial charge in [0, 0.05) is 18.5 Å². The lowest BCUT2D eigenvalue weighted by molar-refractivity contribution is -0.117. The second-order valence-electron chi connectivity index (χ2n) is 5.56. The summed E-state index contributed by atoms with van der Waals surface area (Å²) < 4.78 is 5.83. The molecule has 0 fully saturated rings. The lowest BCUT2D eigenvalue weighted by Crippen LogP contribution is -2.31. The predicted molar refractivity (Wildman–Crippen MR) is 100 cm³/mol. The second kappa shape index (κ2) is 9.13. The quantitative estimate of drug-likeness (QED) is 0.667. The standard InChI is InChI=1S/C21H19N3O2/c25-21(12-11-18-15-22-13-14-23-18)24-20(17-7-3-1-4-8-17)16-26-19-9-5-2-6-10-19/h1-15,20H,16H2,(H,24,25)/b12-11-/t20-/m1/s1. The maximum atomic E-state index is 12.3. The zero-order chi connectivity index (χ0) is 18.0. The van der Waals surface area contributed by atoms with Gasteiger partial charge in [-0.3, -0.25) is 14.8 Å². The van der Waals surface area contributed by atoms with Crippen molar-refractivity contribution < 1.29 is 9.53 Å². The molecule has 130 valence electrons. The first-order valence-corrected chi connectivity index (χ1v) is 8.28. The number of rotatable bonds is 7. The Kier molecular flexibility index (Phi) is 6.09. The number of para-hydroxylation sites is 1. The minimum Gasteiger partial charge on any atom is -0.491 e. The Hall–Kier alpha value is -3.47. The molecule has 0 saturated heterocycles. The molecule has 1 atom stereocenters. The van der Waals surface area contributed by atoms with E-state index in [-0.39, 0.29) is 11.9 Å². The van der Waals surface area contributed by atoms with Crippen LogP contribution in [0.5, 0.6) is 5.75 Å². The number of hydrogen-bond acceptors (Lipinski definition) is 4. The molecule has 2 aromatic carbocycles. The number of amides is 1. The van der Waals surface area contributed by atoms with Crippen molar-refractivity contribution in [3.63, 3.8) is 0 Å². The molecule has 0 unspecified atom stereocenters. The first-order chi connectivity index (χ1) is 12.8. The van der Waals surface area contributed by atoms with Crippen LogP contribution in [0.1, 0.15) is 17.3 Å². The molecule has 3 rings (SSSR count). The van der Waals surface area contributed by atoms with E-state index in [1.54, 1.807) is 24.7 Å². The summed E-state index contributed by atoms with van der Waals surface area (Å²) in [6, 6.07) is 19.0. The maximum absolute atomic E-state index is 12.3. The number of nitrogens with zero attached hydrogens (tertiary/aromatic N) is 2. The number of hydrogen-bond donors (Lipinski definition) is 1. The minimum absolute atomic E-state index is 0.221. The van der Waals surface area contributed by atoms with Gasteiger partial charge in [0.25, 0.3) is 0 Å². The van der Waals surface area contributed by atoms with Gasteiger partial charge in [-0.2, -0.15) is 0 Å². The lowest BCUT2D eigenvalue weighted by atomic mass is 10.1. The van der Waals surface area contributed by atoms with E-state index >= 15 is 0 Å². The molecule has 0 saturated carbocycles. The molecular formula is C21H19N3O2. The second-order valence-corrected chi connectivity index (χ2v) is 5.56. The number of aromatic nitrogens is 2. The van der Waals surface area contributed by atoms with Crippen molar-refractivity contribution in [2.24, 2.45) is 0 Å². The van der Waals surface area contributed by atoms with Crippen molar-refractivity contribution in [2.45, 2.75) is 6.04 Å². The van der Waals surface area contributed by atoms with Crippen molar-refractivity contribution in [3.8, 4) is 5.75 Å². The normalized spacial score (nSPS) is 11.8. The lowest BCUT2D eigenvalue weighted by Gasteiger charge is -2.19. The number of carbonyl (C=O) groups is 1. The Morgan fingerprint density at radius 1 is 1.04 bits per heavy atom. The van der Waals surface area contributed by atoms with E-state index in [9.17, 15) is 4.79 Å². The van der Waals surface area contributed by atoms with E-state index < -0.39 is 0 Å². The van der Waals surface area contributed by atoms with Crippen LogP contribution in [0.25, 0.3) is 6.08 Å². The molecule has 1 aromatic heterocycles. The molecule has 0 aliphatic heterocycles. The molecule has 0 aliphatic rings. The fourth-order valence-electron chi connectivity index (χ4n) is 2.38. The Morgan fingerprint density at radius 3 is 2.46 bits per heavy atom. The van der Waals surface area contributed by atoms with Crippen LogP contribution in [0.2, 0.25) is 0 Å². The van der Waals surface area contributed by atoms with Crippen LogP contribution in [0, 0.1) is 0 Å². The van der Waals surface area contributed by atoms with Crippen LogP contribution in [-0.4, -0.2) is 22.5 Å². The molecule has 3 aromatic rings. The molecule has 0 radical (unpaired) electrons. The molecule has 26 heavy (non-hydrogen) atoms. The van der Waals surface area contributed by atoms with E-state index in [1.807, 2.05) is 60.7 Å². The minimum atomic E-state index is -0.268. The van der Waals surface area contributed by atoms with E-state index in [1.165, 1.54) is 6.08 Å². The van der Waals surface area contributed by atoms with Gasteiger partial charge in [-0.15, -0.1) is 0 Å². The van der Waals surface area contributed by atoms with Gasteiger partial charge in [0.05, 0.1) is 17.9 Å². The summed E-state index contributed by atoms with van der Waals surface area (Å²) in [4.78, 5) is 20.4. The highest BCUT2D eigenvalue weighted by Crippen LogP contribution is 2.16. The zero-order valence-corrected chi connectivity index (χ0v) is 14.2. The summed E-state index contributed by atoms with van der Waals surface area (Å²) in [5.41, 5.74) is 1.60. The highest BCUT2D eigenvalue weighted by Gasteiger charge is 2.14. The molecule has 5 heteroatoms. The van der Waals surface area contributed by atoms with Crippen LogP contribution in [0.15, 0.2) is 85.3 Å². The molecular weight excluding hydrogens is 326 g/mol. The van der Waals surface area contributed by atoms with Crippen LogP contribution in [0.3, 0.4) is 0 Å². The van der Waals surface area contributed by atoms with Gasteiger partial charge in [0.15, 0.2) is 0 Å². The fraction of sp³-hybridized carbons (Fsp3) is 0.0952. The Labute approximate surface area is 152 Å². The summed E-state index contributed by atoms with van der Waals surface area (Å²) in [5, 5.41) is 2.97. The van der Waals surface area contributed by atoms with Crippen molar-refractivity contribution >= 4 is 12.0 Å². The van der Waals surface area contributed by atoms with Crippen molar-refractivity contribution in [1.82, 2.24) is 15.3 Å². The smallest absolute Gasteiger partial charge is 0.244 e. The van der Waals surface area contributed by atoms with Gasteiger partial charge in [-0.1, -0.05) is 48.5 Å². The average Bonchev–Trinajstić information content (AvgIpc) is 2.72. The van der Waals surface area contributed by atoms with Gasteiger partial charge >= 0.3 is 0 Å². The Bertz CT molecular complexity index is 837. The molecule has 1 amide bonds. The largest absolute Gasteiger partial charge is 0.491 e. The van der Waals surface area contributed by atoms with Crippen LogP contribution < -0.4 is 10.1 Å². The zero-order valence-electron chi connectivity index (χ0n) is 14.2. The highest BCUT2D eigenvalue weighted by atomic mass is 16.5. The Balaban J connectivity index is 1.67. The summed E-state index contributed by atoms with van der Waals surface area (Å²) >= 11 is 0. The van der Waals surface area contributed by atoms with E-state index in [2.05, 4.69) is 15.3 Å². The number of nitrogens with one attached hydrogen (secondary N) is 1. The van der Waals surface area contributed by atoms with Crippen LogP contribution in [0.4, 0.5) is 0 Å². The van der Waals surface area contributed by atoms with E-state index in [0.29, 0.717) is 12.3 Å². The molecule has 0 bridgehead atoms. The summed E-state index contributed by atoms with van der Waals surface area (Å²) in [6.45, 7) is 0.332. The molecule has 5 nitrogen and oxygen atoms in total. The monoisotopic (exact) mass is 345 g/mol. The van der Waals surface area contributed by atoms with E-state index in [4.69, 9.17) is 4.74 Å². The van der Waals surface area contributed by atoms with E-state index in [0.717, 1.165) is 11.3 Å². The summed E-state index contributed by atoms with van der Waals surface area (Å²) in [5.74, 6) is 0.541. The third-order valence-corrected chi connectivity index (χ3v) is 3.67. The fourth-order valence-corrected chi connectivity index (χ4v) is 2.38. The van der Waals surface area contributed by atoms with Gasteiger partial charge in [0.2, 0.25) is 5.91 Å². The predicted octanol–water partition coefficient (Wildman–Crippen LogP) is 3.43. The molecule has 0 spiro atoms. The summed E-state index contributed by atoms with van der Waals surface area (Å²) in [6.07, 6.45) is 7.84. The Morgan fingerprint density at radius 2 is 1.77 bits per heavy atom. The van der Waals surface area contributed by atoms with Gasteiger partial charge in [-0.05, 0) is 23.8 Å². The first-order valence-electron chi connectivity index (χ1n) is 8.28. The van der Waals surface area contributed by atoms with Gasteiger partial charge in [-0.25, -0.2) is 0 Å². The van der Waals surface area contributed by atoms with Gasteiger partial charge in [0.1, 0.15) is 12.4 Å².